The van der Waals surface area contributed by atoms with Crippen molar-refractivity contribution in [1.29, 1.82) is 0 Å². The lowest BCUT2D eigenvalue weighted by Crippen LogP contribution is -2.74. The Bertz CT molecular complexity index is 1220. The van der Waals surface area contributed by atoms with E-state index in [1.54, 1.807) is 0 Å². The number of hydrogen-bond donors (Lipinski definition) is 4. The molecule has 1 saturated heterocycles. The van der Waals surface area contributed by atoms with Crippen LogP contribution in [0.1, 0.15) is 55.4 Å². The molecule has 234 valence electrons. The topological polar surface area (TPSA) is 212 Å². The number of ether oxygens (including phenoxy) is 5. The summed E-state index contributed by atoms with van der Waals surface area (Å²) in [6.07, 6.45) is -6.74. The van der Waals surface area contributed by atoms with E-state index in [9.17, 15) is 44.4 Å². The summed E-state index contributed by atoms with van der Waals surface area (Å²) < 4.78 is 27.3. The summed E-state index contributed by atoms with van der Waals surface area (Å²) in [5.41, 5.74) is -9.80. The largest absolute Gasteiger partial charge is 0.459 e. The number of aliphatic hydroxyl groups excluding tert-OH is 1. The molecule has 0 amide bonds. The molecule has 0 aromatic rings. The molecular formula is C28H38O14. The van der Waals surface area contributed by atoms with Crippen molar-refractivity contribution in [3.8, 4) is 0 Å². The third-order valence-corrected chi connectivity index (χ3v) is 8.36. The van der Waals surface area contributed by atoms with Gasteiger partial charge in [0, 0.05) is 39.0 Å². The second-order valence-corrected chi connectivity index (χ2v) is 11.7. The van der Waals surface area contributed by atoms with Gasteiger partial charge in [-0.15, -0.1) is 0 Å². The maximum atomic E-state index is 13.0. The second kappa shape index (κ2) is 11.1. The van der Waals surface area contributed by atoms with E-state index >= 15 is 0 Å². The van der Waals surface area contributed by atoms with Crippen LogP contribution in [0.3, 0.4) is 0 Å². The molecule has 0 bridgehead atoms. The zero-order valence-corrected chi connectivity index (χ0v) is 24.6. The molecule has 0 saturated carbocycles. The van der Waals surface area contributed by atoms with Crippen LogP contribution in [0.15, 0.2) is 23.8 Å². The number of carbonyl (C=O) groups excluding carboxylic acids is 5. The van der Waals surface area contributed by atoms with Crippen molar-refractivity contribution in [2.45, 2.75) is 109 Å². The number of carbonyl (C=O) groups is 5. The maximum Gasteiger partial charge on any atom is 0.341 e. The van der Waals surface area contributed by atoms with E-state index in [1.165, 1.54) is 32.9 Å². The number of aliphatic hydroxyl groups is 4. The smallest absolute Gasteiger partial charge is 0.341 e. The Labute approximate surface area is 242 Å². The Morgan fingerprint density at radius 3 is 1.83 bits per heavy atom. The summed E-state index contributed by atoms with van der Waals surface area (Å²) in [4.78, 5) is 62.1. The Morgan fingerprint density at radius 2 is 1.33 bits per heavy atom. The average Bonchev–Trinajstić information content (AvgIpc) is 3.00. The molecule has 3 aliphatic rings. The minimum atomic E-state index is -2.86. The van der Waals surface area contributed by atoms with Crippen molar-refractivity contribution in [2.75, 3.05) is 0 Å². The first kappa shape index (κ1) is 33.2. The number of fused-ring (bicyclic) bond motifs is 2. The van der Waals surface area contributed by atoms with Gasteiger partial charge in [0.15, 0.2) is 23.4 Å². The van der Waals surface area contributed by atoms with E-state index in [0.717, 1.165) is 40.7 Å². The first-order valence-electron chi connectivity index (χ1n) is 13.2. The summed E-state index contributed by atoms with van der Waals surface area (Å²) >= 11 is 0. The van der Waals surface area contributed by atoms with E-state index in [2.05, 4.69) is 0 Å². The first-order valence-corrected chi connectivity index (χ1v) is 13.2. The van der Waals surface area contributed by atoms with E-state index in [-0.39, 0.29) is 5.57 Å². The van der Waals surface area contributed by atoms with Gasteiger partial charge in [0.2, 0.25) is 0 Å². The highest BCUT2D eigenvalue weighted by atomic mass is 16.6. The minimum Gasteiger partial charge on any atom is -0.459 e. The fourth-order valence-corrected chi connectivity index (χ4v) is 6.44. The van der Waals surface area contributed by atoms with E-state index in [0.29, 0.717) is 0 Å². The molecule has 0 spiro atoms. The lowest BCUT2D eigenvalue weighted by Gasteiger charge is -2.57. The van der Waals surface area contributed by atoms with Crippen molar-refractivity contribution in [1.82, 2.24) is 0 Å². The van der Waals surface area contributed by atoms with Gasteiger partial charge in [-0.2, -0.15) is 0 Å². The van der Waals surface area contributed by atoms with Crippen LogP contribution in [-0.2, 0) is 47.7 Å². The molecule has 1 fully saturated rings. The van der Waals surface area contributed by atoms with E-state index in [1.807, 2.05) is 0 Å². The molecule has 1 heterocycles. The van der Waals surface area contributed by atoms with Crippen molar-refractivity contribution >= 4 is 29.8 Å². The van der Waals surface area contributed by atoms with E-state index < -0.39 is 94.6 Å². The molecule has 11 atom stereocenters. The quantitative estimate of drug-likeness (QED) is 0.181. The zero-order valence-electron chi connectivity index (χ0n) is 24.6. The van der Waals surface area contributed by atoms with Gasteiger partial charge in [-0.05, 0) is 38.5 Å². The number of rotatable bonds is 4. The molecule has 2 aliphatic carbocycles. The highest BCUT2D eigenvalue weighted by Gasteiger charge is 2.75. The molecule has 1 aliphatic heterocycles. The van der Waals surface area contributed by atoms with Crippen LogP contribution in [0.5, 0.6) is 0 Å². The summed E-state index contributed by atoms with van der Waals surface area (Å²) in [7, 11) is 0. The van der Waals surface area contributed by atoms with Gasteiger partial charge in [0.1, 0.15) is 30.0 Å². The molecule has 14 nitrogen and oxygen atoms in total. The Kier molecular flexibility index (Phi) is 8.74. The van der Waals surface area contributed by atoms with Gasteiger partial charge < -0.3 is 44.1 Å². The van der Waals surface area contributed by atoms with Crippen molar-refractivity contribution in [2.24, 2.45) is 11.3 Å². The van der Waals surface area contributed by atoms with Crippen molar-refractivity contribution < 1.29 is 68.1 Å². The van der Waals surface area contributed by atoms with Crippen LogP contribution in [0, 0.1) is 11.3 Å². The van der Waals surface area contributed by atoms with Gasteiger partial charge in [0.05, 0.1) is 0 Å². The van der Waals surface area contributed by atoms with Crippen LogP contribution in [-0.4, -0.2) is 104 Å². The summed E-state index contributed by atoms with van der Waals surface area (Å²) in [5, 5.41) is 47.6. The molecule has 0 unspecified atom stereocenters. The monoisotopic (exact) mass is 598 g/mol. The lowest BCUT2D eigenvalue weighted by molar-refractivity contribution is -0.265. The van der Waals surface area contributed by atoms with Crippen LogP contribution >= 0.6 is 0 Å². The van der Waals surface area contributed by atoms with Gasteiger partial charge in [-0.25, -0.2) is 4.79 Å². The molecule has 0 aromatic heterocycles. The molecular weight excluding hydrogens is 560 g/mol. The highest BCUT2D eigenvalue weighted by molar-refractivity contribution is 5.84. The molecule has 0 radical (unpaired) electrons. The summed E-state index contributed by atoms with van der Waals surface area (Å²) in [6.45, 7) is 9.03. The average molecular weight is 599 g/mol. The van der Waals surface area contributed by atoms with Crippen molar-refractivity contribution in [3.63, 3.8) is 0 Å². The SMILES string of the molecule is CC(=O)O[C@@H]1[C@H](O)[C@@H](OC(C)=O)/C(C)=C\[C@@H]2OC(=O)[C@@](C)(O)[C@@]2(O)[C@@H](OC(C)=O)[C@H]2[C@](C)(O)[C@H](OC(C)=O)C=C[C@]12C. The van der Waals surface area contributed by atoms with Gasteiger partial charge in [-0.3, -0.25) is 19.2 Å². The fraction of sp³-hybridized carbons (Fsp3) is 0.679. The molecule has 14 heteroatoms. The zero-order chi connectivity index (χ0) is 32.2. The van der Waals surface area contributed by atoms with Crippen molar-refractivity contribution in [3.05, 3.63) is 23.8 Å². The number of hydrogen-bond acceptors (Lipinski definition) is 14. The standard InChI is InChI=1S/C28H38O14/c1-12-11-18-28(37,27(8,36)24(34)42-18)23(41-16(5)32)21-25(6,10-9-17(26(21,7)35)38-13(2)29)22(40-15(4)31)19(33)20(12)39-14(3)30/h9-11,17-23,33,35-37H,1-8H3/b12-11-/t17-,18+,19-,20+,21-,22-,23+,25+,26-,27-,28+/m1/s1. The Morgan fingerprint density at radius 1 is 0.833 bits per heavy atom. The van der Waals surface area contributed by atoms with Crippen LogP contribution in [0.2, 0.25) is 0 Å². The van der Waals surface area contributed by atoms with E-state index in [4.69, 9.17) is 23.7 Å². The normalized spacial score (nSPS) is 44.3. The molecule has 0 aromatic carbocycles. The number of esters is 5. The highest BCUT2D eigenvalue weighted by Crippen LogP contribution is 2.56. The first-order chi connectivity index (χ1) is 19.1. The Balaban J connectivity index is 2.53. The van der Waals surface area contributed by atoms with Gasteiger partial charge >= 0.3 is 29.8 Å². The third-order valence-electron chi connectivity index (χ3n) is 8.36. The summed E-state index contributed by atoms with van der Waals surface area (Å²) in [5.74, 6) is -6.62. The second-order valence-electron chi connectivity index (χ2n) is 11.7. The predicted molar refractivity (Wildman–Crippen MR) is 139 cm³/mol. The van der Waals surface area contributed by atoms with Gasteiger partial charge in [0.25, 0.3) is 0 Å². The lowest BCUT2D eigenvalue weighted by atomic mass is 9.53. The molecule has 3 rings (SSSR count). The summed E-state index contributed by atoms with van der Waals surface area (Å²) in [6, 6.07) is 0. The van der Waals surface area contributed by atoms with Gasteiger partial charge in [-0.1, -0.05) is 13.0 Å². The fourth-order valence-electron chi connectivity index (χ4n) is 6.44. The van der Waals surface area contributed by atoms with Crippen LogP contribution in [0.4, 0.5) is 0 Å². The predicted octanol–water partition coefficient (Wildman–Crippen LogP) is -0.615. The molecule has 4 N–H and O–H groups in total. The minimum absolute atomic E-state index is 0.0109. The molecule has 42 heavy (non-hydrogen) atoms. The Hall–Kier alpha value is -3.33. The third kappa shape index (κ3) is 5.32. The van der Waals surface area contributed by atoms with Crippen LogP contribution in [0.25, 0.3) is 0 Å². The maximum absolute atomic E-state index is 13.0. The van der Waals surface area contributed by atoms with Crippen LogP contribution < -0.4 is 0 Å².